The molecule has 1 amide bonds. The van der Waals surface area contributed by atoms with Gasteiger partial charge in [0.2, 0.25) is 5.91 Å². The van der Waals surface area contributed by atoms with E-state index in [0.717, 1.165) is 18.5 Å². The molecule has 1 atom stereocenters. The Kier molecular flexibility index (Phi) is 6.76. The van der Waals surface area contributed by atoms with E-state index in [4.69, 9.17) is 4.74 Å². The van der Waals surface area contributed by atoms with Crippen LogP contribution in [0.2, 0.25) is 0 Å². The summed E-state index contributed by atoms with van der Waals surface area (Å²) in [5.41, 5.74) is 1.42. The third kappa shape index (κ3) is 5.51. The summed E-state index contributed by atoms with van der Waals surface area (Å²) in [6.07, 6.45) is 1.90. The van der Waals surface area contributed by atoms with Crippen molar-refractivity contribution in [1.29, 1.82) is 0 Å². The highest BCUT2D eigenvalue weighted by Gasteiger charge is 2.31. The SMILES string of the molecule is O=C(NC1CC1)C(Sc1nnc(COc2ccccc2F)n1-c1ccccc1)c1ccc(F)cc1. The van der Waals surface area contributed by atoms with Crippen molar-refractivity contribution in [1.82, 2.24) is 20.1 Å². The first-order valence-electron chi connectivity index (χ1n) is 11.2. The number of hydrogen-bond donors (Lipinski definition) is 1. The summed E-state index contributed by atoms with van der Waals surface area (Å²) in [5.74, 6) is -0.461. The number of carbonyl (C=O) groups excluding carboxylic acids is 1. The van der Waals surface area contributed by atoms with Gasteiger partial charge in [-0.25, -0.2) is 8.78 Å². The molecule has 1 unspecified atom stereocenters. The summed E-state index contributed by atoms with van der Waals surface area (Å²) in [6, 6.07) is 21.6. The van der Waals surface area contributed by atoms with Crippen LogP contribution >= 0.6 is 11.8 Å². The maximum absolute atomic E-state index is 14.1. The summed E-state index contributed by atoms with van der Waals surface area (Å²) < 4.78 is 35.1. The number of rotatable bonds is 9. The molecule has 1 N–H and O–H groups in total. The smallest absolute Gasteiger partial charge is 0.238 e. The quantitative estimate of drug-likeness (QED) is 0.324. The average Bonchev–Trinajstić information content (AvgIpc) is 3.60. The highest BCUT2D eigenvalue weighted by molar-refractivity contribution is 8.00. The standard InChI is InChI=1S/C26H22F2N4O2S/c27-18-12-10-17(11-13-18)24(25(33)29-19-14-15-19)35-26-31-30-23(32(26)20-6-2-1-3-7-20)16-34-22-9-5-4-8-21(22)28/h1-13,19,24H,14-16H2,(H,29,33). The van der Waals surface area contributed by atoms with Crippen LogP contribution in [-0.2, 0) is 11.4 Å². The fraction of sp³-hybridized carbons (Fsp3) is 0.192. The third-order valence-corrected chi connectivity index (χ3v) is 6.66. The van der Waals surface area contributed by atoms with Gasteiger partial charge in [0.05, 0.1) is 0 Å². The summed E-state index contributed by atoms with van der Waals surface area (Å²) in [6.45, 7) is -0.0289. The lowest BCUT2D eigenvalue weighted by Crippen LogP contribution is -2.30. The van der Waals surface area contributed by atoms with E-state index in [0.29, 0.717) is 16.5 Å². The van der Waals surface area contributed by atoms with Crippen LogP contribution in [0.25, 0.3) is 5.69 Å². The molecule has 4 aromatic rings. The number of carbonyl (C=O) groups is 1. The number of thioether (sulfide) groups is 1. The van der Waals surface area contributed by atoms with E-state index >= 15 is 0 Å². The predicted octanol–water partition coefficient (Wildman–Crippen LogP) is 5.24. The number of ether oxygens (including phenoxy) is 1. The van der Waals surface area contributed by atoms with E-state index in [9.17, 15) is 13.6 Å². The van der Waals surface area contributed by atoms with Gasteiger partial charge >= 0.3 is 0 Å². The fourth-order valence-electron chi connectivity index (χ4n) is 3.53. The Balaban J connectivity index is 1.47. The number of aromatic nitrogens is 3. The fourth-order valence-corrected chi connectivity index (χ4v) is 4.61. The van der Waals surface area contributed by atoms with E-state index in [-0.39, 0.29) is 30.1 Å². The molecule has 0 spiro atoms. The molecule has 1 aromatic heterocycles. The van der Waals surface area contributed by atoms with Crippen molar-refractivity contribution >= 4 is 17.7 Å². The van der Waals surface area contributed by atoms with Gasteiger partial charge in [0, 0.05) is 11.7 Å². The average molecular weight is 493 g/mol. The minimum atomic E-state index is -0.664. The van der Waals surface area contributed by atoms with Crippen LogP contribution in [0.3, 0.4) is 0 Å². The van der Waals surface area contributed by atoms with Gasteiger partial charge in [-0.15, -0.1) is 10.2 Å². The molecule has 9 heteroatoms. The van der Waals surface area contributed by atoms with Gasteiger partial charge in [0.1, 0.15) is 17.7 Å². The van der Waals surface area contributed by atoms with Crippen molar-refractivity contribution in [2.45, 2.75) is 35.9 Å². The Morgan fingerprint density at radius 3 is 2.43 bits per heavy atom. The minimum Gasteiger partial charge on any atom is -0.483 e. The number of nitrogens with one attached hydrogen (secondary N) is 1. The molecular weight excluding hydrogens is 470 g/mol. The molecule has 178 valence electrons. The largest absolute Gasteiger partial charge is 0.483 e. The van der Waals surface area contributed by atoms with E-state index in [2.05, 4.69) is 15.5 Å². The first-order chi connectivity index (χ1) is 17.1. The molecule has 5 rings (SSSR count). The van der Waals surface area contributed by atoms with Crippen LogP contribution in [0.1, 0.15) is 29.5 Å². The van der Waals surface area contributed by atoms with Crippen molar-refractivity contribution in [2.24, 2.45) is 0 Å². The molecule has 0 radical (unpaired) electrons. The van der Waals surface area contributed by atoms with Crippen LogP contribution in [0, 0.1) is 11.6 Å². The molecule has 1 saturated carbocycles. The molecular formula is C26H22F2N4O2S. The lowest BCUT2D eigenvalue weighted by molar-refractivity contribution is -0.120. The first kappa shape index (κ1) is 23.0. The maximum atomic E-state index is 14.1. The van der Waals surface area contributed by atoms with Crippen molar-refractivity contribution in [3.05, 3.63) is 102 Å². The molecule has 6 nitrogen and oxygen atoms in total. The van der Waals surface area contributed by atoms with Gasteiger partial charge in [0.15, 0.2) is 22.5 Å². The minimum absolute atomic E-state index is 0.0289. The molecule has 3 aromatic carbocycles. The zero-order valence-corrected chi connectivity index (χ0v) is 19.4. The van der Waals surface area contributed by atoms with Crippen LogP contribution in [0.15, 0.2) is 84.0 Å². The molecule has 0 saturated heterocycles. The van der Waals surface area contributed by atoms with Crippen molar-refractivity contribution < 1.29 is 18.3 Å². The number of hydrogen-bond acceptors (Lipinski definition) is 5. The monoisotopic (exact) mass is 492 g/mol. The van der Waals surface area contributed by atoms with Crippen molar-refractivity contribution in [2.75, 3.05) is 0 Å². The Hall–Kier alpha value is -3.72. The molecule has 1 heterocycles. The van der Waals surface area contributed by atoms with Crippen molar-refractivity contribution in [3.63, 3.8) is 0 Å². The Labute approximate surface area is 205 Å². The predicted molar refractivity (Wildman–Crippen MR) is 128 cm³/mol. The zero-order chi connectivity index (χ0) is 24.2. The normalized spacial score (nSPS) is 13.9. The highest BCUT2D eigenvalue weighted by Crippen LogP contribution is 2.37. The van der Waals surface area contributed by atoms with Crippen LogP contribution < -0.4 is 10.1 Å². The molecule has 0 bridgehead atoms. The van der Waals surface area contributed by atoms with E-state index in [1.54, 1.807) is 34.9 Å². The number of benzene rings is 3. The van der Waals surface area contributed by atoms with E-state index in [1.165, 1.54) is 30.0 Å². The van der Waals surface area contributed by atoms with Gasteiger partial charge in [-0.3, -0.25) is 9.36 Å². The third-order valence-electron chi connectivity index (χ3n) is 5.47. The van der Waals surface area contributed by atoms with Crippen LogP contribution in [0.4, 0.5) is 8.78 Å². The molecule has 35 heavy (non-hydrogen) atoms. The van der Waals surface area contributed by atoms with Crippen LogP contribution in [-0.4, -0.2) is 26.7 Å². The van der Waals surface area contributed by atoms with Gasteiger partial charge in [-0.2, -0.15) is 0 Å². The lowest BCUT2D eigenvalue weighted by atomic mass is 10.1. The van der Waals surface area contributed by atoms with E-state index in [1.807, 2.05) is 30.3 Å². The maximum Gasteiger partial charge on any atom is 0.238 e. The number of nitrogens with zero attached hydrogens (tertiary/aromatic N) is 3. The number of para-hydroxylation sites is 2. The number of halogens is 2. The van der Waals surface area contributed by atoms with E-state index < -0.39 is 11.1 Å². The van der Waals surface area contributed by atoms with Gasteiger partial charge in [-0.05, 0) is 54.8 Å². The second-order valence-electron chi connectivity index (χ2n) is 8.12. The van der Waals surface area contributed by atoms with Gasteiger partial charge in [0.25, 0.3) is 0 Å². The zero-order valence-electron chi connectivity index (χ0n) is 18.6. The van der Waals surface area contributed by atoms with Gasteiger partial charge < -0.3 is 10.1 Å². The summed E-state index contributed by atoms with van der Waals surface area (Å²) >= 11 is 1.22. The summed E-state index contributed by atoms with van der Waals surface area (Å²) in [7, 11) is 0. The summed E-state index contributed by atoms with van der Waals surface area (Å²) in [4.78, 5) is 13.1. The molecule has 0 aliphatic heterocycles. The first-order valence-corrected chi connectivity index (χ1v) is 12.1. The Morgan fingerprint density at radius 2 is 1.71 bits per heavy atom. The lowest BCUT2D eigenvalue weighted by Gasteiger charge is -2.18. The Morgan fingerprint density at radius 1 is 1.00 bits per heavy atom. The Bertz CT molecular complexity index is 1310. The molecule has 1 fully saturated rings. The van der Waals surface area contributed by atoms with Crippen LogP contribution in [0.5, 0.6) is 5.75 Å². The highest BCUT2D eigenvalue weighted by atomic mass is 32.2. The second-order valence-corrected chi connectivity index (χ2v) is 9.19. The molecule has 1 aliphatic carbocycles. The topological polar surface area (TPSA) is 69.0 Å². The molecule has 1 aliphatic rings. The second kappa shape index (κ2) is 10.3. The van der Waals surface area contributed by atoms with Gasteiger partial charge in [-0.1, -0.05) is 54.2 Å². The number of amides is 1. The summed E-state index contributed by atoms with van der Waals surface area (Å²) in [5, 5.41) is 11.4. The van der Waals surface area contributed by atoms with Crippen molar-refractivity contribution in [3.8, 4) is 11.4 Å².